The first kappa shape index (κ1) is 13.8. The lowest BCUT2D eigenvalue weighted by molar-refractivity contribution is -0.142. The van der Waals surface area contributed by atoms with Crippen LogP contribution in [0.3, 0.4) is 0 Å². The molecule has 2 rings (SSSR count). The lowest BCUT2D eigenvalue weighted by Gasteiger charge is -2.37. The Labute approximate surface area is 114 Å². The van der Waals surface area contributed by atoms with E-state index in [9.17, 15) is 9.18 Å². The Bertz CT molecular complexity index is 442. The summed E-state index contributed by atoms with van der Waals surface area (Å²) >= 11 is 0. The van der Waals surface area contributed by atoms with Crippen molar-refractivity contribution in [3.8, 4) is 0 Å². The molecular weight excluding hydrogens is 243 g/mol. The Morgan fingerprint density at radius 2 is 1.63 bits per heavy atom. The van der Waals surface area contributed by atoms with Gasteiger partial charge in [0.2, 0.25) is 0 Å². The van der Waals surface area contributed by atoms with Gasteiger partial charge in [-0.05, 0) is 32.9 Å². The number of benzene rings is 1. The van der Waals surface area contributed by atoms with Gasteiger partial charge < -0.3 is 9.80 Å². The molecule has 1 heterocycles. The van der Waals surface area contributed by atoms with Gasteiger partial charge >= 0.3 is 0 Å². The van der Waals surface area contributed by atoms with Gasteiger partial charge in [0.15, 0.2) is 5.67 Å². The van der Waals surface area contributed by atoms with E-state index in [4.69, 9.17) is 0 Å². The topological polar surface area (TPSA) is 23.6 Å². The summed E-state index contributed by atoms with van der Waals surface area (Å²) in [4.78, 5) is 15.7. The maximum absolute atomic E-state index is 13.6. The van der Waals surface area contributed by atoms with E-state index in [0.717, 1.165) is 18.8 Å². The summed E-state index contributed by atoms with van der Waals surface area (Å²) in [7, 11) is 0. The maximum Gasteiger partial charge on any atom is 0.259 e. The summed E-state index contributed by atoms with van der Waals surface area (Å²) in [5.74, 6) is -0.406. The maximum atomic E-state index is 13.6. The number of piperazine rings is 1. The summed E-state index contributed by atoms with van der Waals surface area (Å²) in [6, 6.07) is 8.34. The number of halogens is 1. The minimum atomic E-state index is -1.77. The van der Waals surface area contributed by atoms with Crippen molar-refractivity contribution in [2.24, 2.45) is 0 Å². The number of rotatable bonds is 2. The number of anilines is 1. The Hall–Kier alpha value is -1.58. The molecule has 0 aromatic heterocycles. The van der Waals surface area contributed by atoms with Crippen molar-refractivity contribution in [3.05, 3.63) is 29.8 Å². The molecule has 1 aliphatic heterocycles. The number of aryl methyl sites for hydroxylation is 1. The number of nitrogens with zero attached hydrogens (tertiary/aromatic N) is 2. The van der Waals surface area contributed by atoms with Crippen LogP contribution in [0.5, 0.6) is 0 Å². The molecule has 0 N–H and O–H groups in total. The highest BCUT2D eigenvalue weighted by Gasteiger charge is 2.33. The Balaban J connectivity index is 1.96. The SMILES string of the molecule is Cc1ccc(N2CCN(C(=O)C(C)(C)F)CC2)cc1. The van der Waals surface area contributed by atoms with Crippen molar-refractivity contribution < 1.29 is 9.18 Å². The molecule has 0 radical (unpaired) electrons. The van der Waals surface area contributed by atoms with Crippen LogP contribution in [0.25, 0.3) is 0 Å². The fraction of sp³-hybridized carbons (Fsp3) is 0.533. The molecular formula is C15H21FN2O. The zero-order valence-electron chi connectivity index (χ0n) is 11.8. The molecule has 1 aromatic carbocycles. The van der Waals surface area contributed by atoms with E-state index >= 15 is 0 Å². The number of carbonyl (C=O) groups excluding carboxylic acids is 1. The fourth-order valence-corrected chi connectivity index (χ4v) is 2.30. The van der Waals surface area contributed by atoms with Crippen molar-refractivity contribution in [1.29, 1.82) is 0 Å². The van der Waals surface area contributed by atoms with Gasteiger partial charge in [-0.3, -0.25) is 4.79 Å². The van der Waals surface area contributed by atoms with Gasteiger partial charge in [-0.1, -0.05) is 17.7 Å². The predicted octanol–water partition coefficient (Wildman–Crippen LogP) is 2.39. The van der Waals surface area contributed by atoms with Crippen molar-refractivity contribution in [2.45, 2.75) is 26.4 Å². The van der Waals surface area contributed by atoms with Crippen LogP contribution >= 0.6 is 0 Å². The van der Waals surface area contributed by atoms with Crippen LogP contribution in [0.2, 0.25) is 0 Å². The fourth-order valence-electron chi connectivity index (χ4n) is 2.30. The van der Waals surface area contributed by atoms with E-state index in [0.29, 0.717) is 13.1 Å². The molecule has 1 aliphatic rings. The zero-order chi connectivity index (χ0) is 14.0. The lowest BCUT2D eigenvalue weighted by Crippen LogP contribution is -2.53. The third kappa shape index (κ3) is 3.25. The van der Waals surface area contributed by atoms with Crippen molar-refractivity contribution >= 4 is 11.6 Å². The first-order chi connectivity index (χ1) is 8.88. The van der Waals surface area contributed by atoms with Gasteiger partial charge in [0.25, 0.3) is 5.91 Å². The highest BCUT2D eigenvalue weighted by molar-refractivity contribution is 5.84. The third-order valence-electron chi connectivity index (χ3n) is 3.47. The Kier molecular flexibility index (Phi) is 3.78. The van der Waals surface area contributed by atoms with E-state index in [1.54, 1.807) is 4.90 Å². The molecule has 104 valence electrons. The van der Waals surface area contributed by atoms with E-state index in [1.165, 1.54) is 19.4 Å². The Morgan fingerprint density at radius 1 is 1.11 bits per heavy atom. The van der Waals surface area contributed by atoms with Gasteiger partial charge in [-0.15, -0.1) is 0 Å². The molecule has 0 atom stereocenters. The molecule has 3 nitrogen and oxygen atoms in total. The normalized spacial score (nSPS) is 16.6. The predicted molar refractivity (Wildman–Crippen MR) is 75.2 cm³/mol. The first-order valence-corrected chi connectivity index (χ1v) is 6.68. The van der Waals surface area contributed by atoms with Crippen molar-refractivity contribution in [1.82, 2.24) is 4.90 Å². The molecule has 0 aliphatic carbocycles. The molecule has 4 heteroatoms. The summed E-state index contributed by atoms with van der Waals surface area (Å²) in [5, 5.41) is 0. The third-order valence-corrected chi connectivity index (χ3v) is 3.47. The van der Waals surface area contributed by atoms with Crippen molar-refractivity contribution in [3.63, 3.8) is 0 Å². The monoisotopic (exact) mass is 264 g/mol. The molecule has 1 amide bonds. The smallest absolute Gasteiger partial charge is 0.259 e. The second-order valence-electron chi connectivity index (χ2n) is 5.59. The quantitative estimate of drug-likeness (QED) is 0.819. The van der Waals surface area contributed by atoms with Crippen LogP contribution in [-0.2, 0) is 4.79 Å². The second-order valence-corrected chi connectivity index (χ2v) is 5.59. The number of hydrogen-bond acceptors (Lipinski definition) is 2. The average molecular weight is 264 g/mol. The number of amides is 1. The number of alkyl halides is 1. The standard InChI is InChI=1S/C15H21FN2O/c1-12-4-6-13(7-5-12)17-8-10-18(11-9-17)14(19)15(2,3)16/h4-7H,8-11H2,1-3H3. The highest BCUT2D eigenvalue weighted by Crippen LogP contribution is 2.19. The van der Waals surface area contributed by atoms with E-state index in [-0.39, 0.29) is 0 Å². The second kappa shape index (κ2) is 5.19. The summed E-state index contributed by atoms with van der Waals surface area (Å²) in [6.07, 6.45) is 0. The molecule has 0 spiro atoms. The summed E-state index contributed by atoms with van der Waals surface area (Å²) < 4.78 is 13.6. The summed E-state index contributed by atoms with van der Waals surface area (Å²) in [5.41, 5.74) is 0.625. The minimum absolute atomic E-state index is 0.406. The van der Waals surface area contributed by atoms with Crippen LogP contribution in [0.1, 0.15) is 19.4 Å². The van der Waals surface area contributed by atoms with Gasteiger partial charge in [0.1, 0.15) is 0 Å². The molecule has 19 heavy (non-hydrogen) atoms. The van der Waals surface area contributed by atoms with Gasteiger partial charge in [0, 0.05) is 31.9 Å². The first-order valence-electron chi connectivity index (χ1n) is 6.68. The van der Waals surface area contributed by atoms with Crippen molar-refractivity contribution in [2.75, 3.05) is 31.1 Å². The van der Waals surface area contributed by atoms with E-state index in [2.05, 4.69) is 36.1 Å². The minimum Gasteiger partial charge on any atom is -0.368 e. The molecule has 1 saturated heterocycles. The summed E-state index contributed by atoms with van der Waals surface area (Å²) in [6.45, 7) is 7.38. The molecule has 1 aromatic rings. The molecule has 0 unspecified atom stereocenters. The van der Waals surface area contributed by atoms with Gasteiger partial charge in [0.05, 0.1) is 0 Å². The van der Waals surface area contributed by atoms with E-state index in [1.807, 2.05) is 0 Å². The van der Waals surface area contributed by atoms with Crippen LogP contribution in [0, 0.1) is 6.92 Å². The van der Waals surface area contributed by atoms with Gasteiger partial charge in [-0.25, -0.2) is 4.39 Å². The van der Waals surface area contributed by atoms with E-state index < -0.39 is 11.6 Å². The number of carbonyl (C=O) groups is 1. The zero-order valence-corrected chi connectivity index (χ0v) is 11.8. The van der Waals surface area contributed by atoms with Crippen LogP contribution in [0.15, 0.2) is 24.3 Å². The lowest BCUT2D eigenvalue weighted by atomic mass is 10.1. The number of hydrogen-bond donors (Lipinski definition) is 0. The average Bonchev–Trinajstić information content (AvgIpc) is 2.38. The van der Waals surface area contributed by atoms with Crippen LogP contribution in [-0.4, -0.2) is 42.7 Å². The largest absolute Gasteiger partial charge is 0.368 e. The van der Waals surface area contributed by atoms with Crippen LogP contribution in [0.4, 0.5) is 10.1 Å². The highest BCUT2D eigenvalue weighted by atomic mass is 19.1. The molecule has 0 saturated carbocycles. The molecule has 0 bridgehead atoms. The van der Waals surface area contributed by atoms with Gasteiger partial charge in [-0.2, -0.15) is 0 Å². The Morgan fingerprint density at radius 3 is 2.11 bits per heavy atom. The molecule has 1 fully saturated rings. The van der Waals surface area contributed by atoms with Crippen LogP contribution < -0.4 is 4.90 Å².